The Labute approximate surface area is 98.5 Å². The Morgan fingerprint density at radius 1 is 0.889 bits per heavy atom. The van der Waals surface area contributed by atoms with Gasteiger partial charge in [0.2, 0.25) is 0 Å². The van der Waals surface area contributed by atoms with Crippen molar-refractivity contribution in [1.29, 1.82) is 0 Å². The Hall–Kier alpha value is -1.79. The molecule has 0 spiro atoms. The number of rotatable bonds is 2. The zero-order valence-corrected chi connectivity index (χ0v) is 8.93. The fraction of sp³-hybridized carbons (Fsp3) is 0.273. The van der Waals surface area contributed by atoms with Crippen molar-refractivity contribution < 1.29 is 22.0 Å². The molecule has 0 aliphatic carbocycles. The third-order valence-corrected chi connectivity index (χ3v) is 2.40. The highest BCUT2D eigenvalue weighted by Gasteiger charge is 2.30. The van der Waals surface area contributed by atoms with Gasteiger partial charge in [0.25, 0.3) is 0 Å². The molecule has 0 fully saturated rings. The number of hydrogen-bond acceptors (Lipinski definition) is 2. The molecular weight excluding hydrogens is 255 g/mol. The van der Waals surface area contributed by atoms with Gasteiger partial charge in [0.15, 0.2) is 0 Å². The van der Waals surface area contributed by atoms with Gasteiger partial charge in [-0.05, 0) is 18.2 Å². The number of nitrogens with zero attached hydrogens (tertiary/aromatic N) is 2. The first-order valence-electron chi connectivity index (χ1n) is 4.94. The van der Waals surface area contributed by atoms with Gasteiger partial charge in [-0.2, -0.15) is 13.2 Å². The minimum absolute atomic E-state index is 0.102. The first-order valence-corrected chi connectivity index (χ1v) is 4.94. The van der Waals surface area contributed by atoms with Gasteiger partial charge < -0.3 is 0 Å². The van der Waals surface area contributed by atoms with Crippen molar-refractivity contribution in [2.45, 2.75) is 19.5 Å². The molecule has 2 nitrogen and oxygen atoms in total. The standard InChI is InChI=1S/C11H7F5N2/c12-4-9-10(5-13)18-8-3-6(11(14,15)16)1-2-7(8)17-9/h1-3H,4-5H2. The van der Waals surface area contributed by atoms with Crippen molar-refractivity contribution in [1.82, 2.24) is 9.97 Å². The first-order chi connectivity index (χ1) is 8.45. The van der Waals surface area contributed by atoms with Gasteiger partial charge >= 0.3 is 6.18 Å². The molecule has 0 bridgehead atoms. The van der Waals surface area contributed by atoms with E-state index in [0.29, 0.717) is 0 Å². The quantitative estimate of drug-likeness (QED) is 0.773. The van der Waals surface area contributed by atoms with Crippen molar-refractivity contribution in [2.24, 2.45) is 0 Å². The summed E-state index contributed by atoms with van der Waals surface area (Å²) in [5, 5.41) is 0. The zero-order valence-electron chi connectivity index (χ0n) is 8.93. The molecular formula is C11H7F5N2. The zero-order chi connectivity index (χ0) is 13.3. The molecule has 2 aromatic rings. The van der Waals surface area contributed by atoms with Crippen molar-refractivity contribution in [2.75, 3.05) is 0 Å². The lowest BCUT2D eigenvalue weighted by atomic mass is 10.1. The van der Waals surface area contributed by atoms with Crippen LogP contribution in [0.5, 0.6) is 0 Å². The van der Waals surface area contributed by atoms with Gasteiger partial charge in [0, 0.05) is 0 Å². The van der Waals surface area contributed by atoms with E-state index in [0.717, 1.165) is 18.2 Å². The summed E-state index contributed by atoms with van der Waals surface area (Å²) < 4.78 is 62.4. The molecule has 1 aromatic heterocycles. The van der Waals surface area contributed by atoms with Crippen LogP contribution < -0.4 is 0 Å². The summed E-state index contributed by atoms with van der Waals surface area (Å²) in [4.78, 5) is 7.40. The second-order valence-electron chi connectivity index (χ2n) is 3.59. The van der Waals surface area contributed by atoms with Gasteiger partial charge in [-0.25, -0.2) is 18.7 Å². The lowest BCUT2D eigenvalue weighted by Crippen LogP contribution is -2.06. The van der Waals surface area contributed by atoms with Gasteiger partial charge in [-0.3, -0.25) is 0 Å². The third-order valence-electron chi connectivity index (χ3n) is 2.40. The van der Waals surface area contributed by atoms with E-state index >= 15 is 0 Å². The molecule has 96 valence electrons. The Morgan fingerprint density at radius 3 is 1.94 bits per heavy atom. The van der Waals surface area contributed by atoms with E-state index in [2.05, 4.69) is 9.97 Å². The number of aromatic nitrogens is 2. The average molecular weight is 262 g/mol. The summed E-state index contributed by atoms with van der Waals surface area (Å²) >= 11 is 0. The van der Waals surface area contributed by atoms with Crippen LogP contribution in [-0.4, -0.2) is 9.97 Å². The van der Waals surface area contributed by atoms with Crippen LogP contribution in [0.2, 0.25) is 0 Å². The fourth-order valence-electron chi connectivity index (χ4n) is 1.52. The highest BCUT2D eigenvalue weighted by atomic mass is 19.4. The molecule has 18 heavy (non-hydrogen) atoms. The van der Waals surface area contributed by atoms with Gasteiger partial charge in [0.05, 0.1) is 28.0 Å². The molecule has 0 aliphatic rings. The van der Waals surface area contributed by atoms with Gasteiger partial charge in [0.1, 0.15) is 13.3 Å². The highest BCUT2D eigenvalue weighted by molar-refractivity contribution is 5.75. The smallest absolute Gasteiger partial charge is 0.246 e. The first kappa shape index (κ1) is 12.7. The maximum atomic E-state index is 12.5. The predicted molar refractivity (Wildman–Crippen MR) is 54.2 cm³/mol. The largest absolute Gasteiger partial charge is 0.416 e. The van der Waals surface area contributed by atoms with Crippen LogP contribution in [0.4, 0.5) is 22.0 Å². The van der Waals surface area contributed by atoms with E-state index in [1.165, 1.54) is 0 Å². The van der Waals surface area contributed by atoms with Gasteiger partial charge in [-0.15, -0.1) is 0 Å². The molecule has 2 rings (SSSR count). The van der Waals surface area contributed by atoms with E-state index in [4.69, 9.17) is 0 Å². The Morgan fingerprint density at radius 2 is 1.44 bits per heavy atom. The van der Waals surface area contributed by atoms with Crippen LogP contribution in [0.15, 0.2) is 18.2 Å². The van der Waals surface area contributed by atoms with Crippen LogP contribution in [-0.2, 0) is 19.5 Å². The number of hydrogen-bond donors (Lipinski definition) is 0. The second-order valence-corrected chi connectivity index (χ2v) is 3.59. The lowest BCUT2D eigenvalue weighted by Gasteiger charge is -2.08. The monoisotopic (exact) mass is 262 g/mol. The molecule has 0 aliphatic heterocycles. The molecule has 0 saturated carbocycles. The van der Waals surface area contributed by atoms with Crippen molar-refractivity contribution in [3.8, 4) is 0 Å². The Balaban J connectivity index is 2.63. The summed E-state index contributed by atoms with van der Waals surface area (Å²) in [7, 11) is 0. The number of halogens is 5. The molecule has 0 N–H and O–H groups in total. The summed E-state index contributed by atoms with van der Waals surface area (Å²) in [6.07, 6.45) is -4.51. The maximum Gasteiger partial charge on any atom is 0.416 e. The van der Waals surface area contributed by atoms with Crippen LogP contribution in [0.25, 0.3) is 11.0 Å². The van der Waals surface area contributed by atoms with Crippen molar-refractivity contribution in [3.05, 3.63) is 35.2 Å². The molecule has 7 heteroatoms. The summed E-state index contributed by atoms with van der Waals surface area (Å²) in [6.45, 7) is -2.08. The van der Waals surface area contributed by atoms with E-state index in [9.17, 15) is 22.0 Å². The fourth-order valence-corrected chi connectivity index (χ4v) is 1.52. The van der Waals surface area contributed by atoms with E-state index in [-0.39, 0.29) is 22.4 Å². The normalized spacial score (nSPS) is 12.1. The minimum Gasteiger partial charge on any atom is -0.246 e. The molecule has 0 unspecified atom stereocenters. The number of benzene rings is 1. The molecule has 0 saturated heterocycles. The van der Waals surface area contributed by atoms with E-state index in [1.54, 1.807) is 0 Å². The van der Waals surface area contributed by atoms with Crippen LogP contribution in [0.3, 0.4) is 0 Å². The molecule has 1 heterocycles. The molecule has 0 radical (unpaired) electrons. The second kappa shape index (κ2) is 4.47. The summed E-state index contributed by atoms with van der Waals surface area (Å²) in [5.41, 5.74) is -1.36. The van der Waals surface area contributed by atoms with Crippen molar-refractivity contribution >= 4 is 11.0 Å². The molecule has 0 atom stereocenters. The van der Waals surface area contributed by atoms with Crippen LogP contribution >= 0.6 is 0 Å². The van der Waals surface area contributed by atoms with Crippen LogP contribution in [0.1, 0.15) is 17.0 Å². The highest BCUT2D eigenvalue weighted by Crippen LogP contribution is 2.30. The van der Waals surface area contributed by atoms with Crippen molar-refractivity contribution in [3.63, 3.8) is 0 Å². The Bertz CT molecular complexity index is 579. The molecule has 1 aromatic carbocycles. The van der Waals surface area contributed by atoms with E-state index < -0.39 is 25.1 Å². The SMILES string of the molecule is FCc1nc2ccc(C(F)(F)F)cc2nc1CF. The minimum atomic E-state index is -4.51. The average Bonchev–Trinajstić information content (AvgIpc) is 2.35. The summed E-state index contributed by atoms with van der Waals surface area (Å²) in [5.74, 6) is 0. The van der Waals surface area contributed by atoms with Crippen LogP contribution in [0, 0.1) is 0 Å². The summed E-state index contributed by atoms with van der Waals surface area (Å²) in [6, 6.07) is 2.68. The topological polar surface area (TPSA) is 25.8 Å². The number of alkyl halides is 5. The molecule has 0 amide bonds. The third kappa shape index (κ3) is 2.25. The predicted octanol–water partition coefficient (Wildman–Crippen LogP) is 3.59. The lowest BCUT2D eigenvalue weighted by molar-refractivity contribution is -0.137. The Kier molecular flexibility index (Phi) is 3.14. The van der Waals surface area contributed by atoms with Gasteiger partial charge in [-0.1, -0.05) is 0 Å². The maximum absolute atomic E-state index is 12.5. The number of fused-ring (bicyclic) bond motifs is 1. The van der Waals surface area contributed by atoms with E-state index in [1.807, 2.05) is 0 Å².